The highest BCUT2D eigenvalue weighted by molar-refractivity contribution is 9.10. The number of carbonyl (C=O) groups excluding carboxylic acids is 3. The SMILES string of the molecule is N#CCCCOc1cccc(NC(=O)CCCN2C(=O)c3ccc(Br)cc3C2=O)c1. The average molecular weight is 470 g/mol. The Balaban J connectivity index is 1.47. The Morgan fingerprint density at radius 3 is 2.70 bits per heavy atom. The van der Waals surface area contributed by atoms with Gasteiger partial charge < -0.3 is 10.1 Å². The smallest absolute Gasteiger partial charge is 0.261 e. The molecule has 1 heterocycles. The molecule has 1 aliphatic rings. The summed E-state index contributed by atoms with van der Waals surface area (Å²) in [6, 6.07) is 14.1. The van der Waals surface area contributed by atoms with Crippen molar-refractivity contribution in [1.29, 1.82) is 5.26 Å². The van der Waals surface area contributed by atoms with Crippen molar-refractivity contribution >= 4 is 39.3 Å². The van der Waals surface area contributed by atoms with Gasteiger partial charge in [0.2, 0.25) is 5.91 Å². The molecule has 1 aliphatic heterocycles. The molecule has 0 radical (unpaired) electrons. The van der Waals surface area contributed by atoms with Gasteiger partial charge >= 0.3 is 0 Å². The summed E-state index contributed by atoms with van der Waals surface area (Å²) in [7, 11) is 0. The van der Waals surface area contributed by atoms with Crippen molar-refractivity contribution in [3.8, 4) is 11.8 Å². The molecule has 7 nitrogen and oxygen atoms in total. The zero-order chi connectivity index (χ0) is 21.5. The fourth-order valence-electron chi connectivity index (χ4n) is 3.09. The van der Waals surface area contributed by atoms with Gasteiger partial charge in [-0.3, -0.25) is 19.3 Å². The third kappa shape index (κ3) is 5.24. The maximum absolute atomic E-state index is 12.4. The summed E-state index contributed by atoms with van der Waals surface area (Å²) in [4.78, 5) is 38.3. The van der Waals surface area contributed by atoms with Gasteiger partial charge in [0.1, 0.15) is 5.75 Å². The summed E-state index contributed by atoms with van der Waals surface area (Å²) in [6.45, 7) is 0.612. The van der Waals surface area contributed by atoms with Crippen molar-refractivity contribution in [3.63, 3.8) is 0 Å². The molecule has 0 aromatic heterocycles. The van der Waals surface area contributed by atoms with Crippen molar-refractivity contribution in [1.82, 2.24) is 4.90 Å². The van der Waals surface area contributed by atoms with Crippen LogP contribution in [0.3, 0.4) is 0 Å². The third-order valence-electron chi connectivity index (χ3n) is 4.54. The number of hydrogen-bond donors (Lipinski definition) is 1. The molecule has 0 aliphatic carbocycles. The Morgan fingerprint density at radius 2 is 1.90 bits per heavy atom. The number of carbonyl (C=O) groups is 3. The second-order valence-corrected chi connectivity index (χ2v) is 7.66. The van der Waals surface area contributed by atoms with Gasteiger partial charge in [0, 0.05) is 35.6 Å². The molecule has 2 aromatic carbocycles. The van der Waals surface area contributed by atoms with Crippen LogP contribution in [-0.2, 0) is 4.79 Å². The molecule has 0 unspecified atom stereocenters. The number of benzene rings is 2. The van der Waals surface area contributed by atoms with Gasteiger partial charge in [-0.25, -0.2) is 0 Å². The first-order chi connectivity index (χ1) is 14.5. The summed E-state index contributed by atoms with van der Waals surface area (Å²) >= 11 is 3.30. The quantitative estimate of drug-likeness (QED) is 0.439. The number of nitrogens with zero attached hydrogens (tertiary/aromatic N) is 2. The van der Waals surface area contributed by atoms with Crippen molar-refractivity contribution in [2.45, 2.75) is 25.7 Å². The van der Waals surface area contributed by atoms with Gasteiger partial charge in [-0.2, -0.15) is 5.26 Å². The van der Waals surface area contributed by atoms with Gasteiger partial charge in [-0.1, -0.05) is 22.0 Å². The molecule has 30 heavy (non-hydrogen) atoms. The Hall–Kier alpha value is -3.18. The van der Waals surface area contributed by atoms with E-state index in [1.807, 2.05) is 0 Å². The molecule has 0 atom stereocenters. The van der Waals surface area contributed by atoms with Crippen LogP contribution in [0.25, 0.3) is 0 Å². The number of anilines is 1. The number of rotatable bonds is 9. The van der Waals surface area contributed by atoms with Gasteiger partial charge in [0.15, 0.2) is 0 Å². The molecule has 0 spiro atoms. The zero-order valence-electron chi connectivity index (χ0n) is 16.2. The van der Waals surface area contributed by atoms with E-state index in [2.05, 4.69) is 27.3 Å². The molecule has 3 amide bonds. The minimum Gasteiger partial charge on any atom is -0.493 e. The second-order valence-electron chi connectivity index (χ2n) is 6.74. The van der Waals surface area contributed by atoms with Crippen molar-refractivity contribution in [2.24, 2.45) is 0 Å². The van der Waals surface area contributed by atoms with Crippen LogP contribution in [0.4, 0.5) is 5.69 Å². The van der Waals surface area contributed by atoms with E-state index in [9.17, 15) is 14.4 Å². The normalized spacial score (nSPS) is 12.5. The lowest BCUT2D eigenvalue weighted by atomic mass is 10.1. The summed E-state index contributed by atoms with van der Waals surface area (Å²) < 4.78 is 6.29. The molecule has 8 heteroatoms. The van der Waals surface area contributed by atoms with Gasteiger partial charge in [0.25, 0.3) is 11.8 Å². The van der Waals surface area contributed by atoms with E-state index in [0.29, 0.717) is 48.4 Å². The fourth-order valence-corrected chi connectivity index (χ4v) is 3.45. The molecule has 0 fully saturated rings. The first-order valence-electron chi connectivity index (χ1n) is 9.55. The summed E-state index contributed by atoms with van der Waals surface area (Å²) in [5, 5.41) is 11.3. The van der Waals surface area contributed by atoms with Crippen LogP contribution in [0.5, 0.6) is 5.75 Å². The highest BCUT2D eigenvalue weighted by Crippen LogP contribution is 2.26. The first-order valence-corrected chi connectivity index (χ1v) is 10.3. The highest BCUT2D eigenvalue weighted by atomic mass is 79.9. The van der Waals surface area contributed by atoms with Gasteiger partial charge in [-0.05, 0) is 43.2 Å². The van der Waals surface area contributed by atoms with E-state index < -0.39 is 0 Å². The zero-order valence-corrected chi connectivity index (χ0v) is 17.8. The van der Waals surface area contributed by atoms with E-state index in [-0.39, 0.29) is 30.7 Å². The topological polar surface area (TPSA) is 99.5 Å². The predicted molar refractivity (Wildman–Crippen MR) is 114 cm³/mol. The van der Waals surface area contributed by atoms with Crippen LogP contribution in [0, 0.1) is 11.3 Å². The number of imide groups is 1. The van der Waals surface area contributed by atoms with E-state index in [0.717, 1.165) is 4.47 Å². The van der Waals surface area contributed by atoms with E-state index in [4.69, 9.17) is 10.00 Å². The van der Waals surface area contributed by atoms with Crippen molar-refractivity contribution in [3.05, 3.63) is 58.1 Å². The standard InChI is InChI=1S/C22H20BrN3O4/c23-15-8-9-18-19(13-15)22(29)26(21(18)28)11-4-7-20(27)25-16-5-3-6-17(14-16)30-12-2-1-10-24/h3,5-6,8-9,13-14H,1-2,4,7,11-12H2,(H,25,27). The molecule has 0 saturated heterocycles. The lowest BCUT2D eigenvalue weighted by molar-refractivity contribution is -0.116. The summed E-state index contributed by atoms with van der Waals surface area (Å²) in [5.74, 6) is -0.263. The Morgan fingerprint density at radius 1 is 1.10 bits per heavy atom. The Bertz CT molecular complexity index is 1020. The van der Waals surface area contributed by atoms with Crippen LogP contribution in [0.15, 0.2) is 46.9 Å². The Labute approximate surface area is 182 Å². The summed E-state index contributed by atoms with van der Waals surface area (Å²) in [6.07, 6.45) is 1.61. The monoisotopic (exact) mass is 469 g/mol. The molecule has 2 aromatic rings. The number of nitriles is 1. The highest BCUT2D eigenvalue weighted by Gasteiger charge is 2.35. The van der Waals surface area contributed by atoms with Gasteiger partial charge in [0.05, 0.1) is 23.8 Å². The van der Waals surface area contributed by atoms with Crippen LogP contribution < -0.4 is 10.1 Å². The van der Waals surface area contributed by atoms with Crippen LogP contribution in [0.2, 0.25) is 0 Å². The van der Waals surface area contributed by atoms with Crippen LogP contribution in [-0.4, -0.2) is 35.8 Å². The molecule has 1 N–H and O–H groups in total. The first kappa shape index (κ1) is 21.5. The predicted octanol–water partition coefficient (Wildman–Crippen LogP) is 4.15. The number of nitrogens with one attached hydrogen (secondary N) is 1. The molecular formula is C22H20BrN3O4. The number of unbranched alkanes of at least 4 members (excludes halogenated alkanes) is 1. The van der Waals surface area contributed by atoms with E-state index in [1.54, 1.807) is 42.5 Å². The van der Waals surface area contributed by atoms with Gasteiger partial charge in [-0.15, -0.1) is 0 Å². The fraction of sp³-hybridized carbons (Fsp3) is 0.273. The van der Waals surface area contributed by atoms with E-state index in [1.165, 1.54) is 4.90 Å². The molecule has 154 valence electrons. The second kappa shape index (κ2) is 10.0. The van der Waals surface area contributed by atoms with E-state index >= 15 is 0 Å². The number of halogens is 1. The number of hydrogen-bond acceptors (Lipinski definition) is 5. The van der Waals surface area contributed by atoms with Crippen molar-refractivity contribution < 1.29 is 19.1 Å². The lowest BCUT2D eigenvalue weighted by Crippen LogP contribution is -2.31. The van der Waals surface area contributed by atoms with Crippen LogP contribution >= 0.6 is 15.9 Å². The summed E-state index contributed by atoms with van der Waals surface area (Å²) in [5.41, 5.74) is 1.37. The molecule has 3 rings (SSSR count). The van der Waals surface area contributed by atoms with Crippen molar-refractivity contribution in [2.75, 3.05) is 18.5 Å². The largest absolute Gasteiger partial charge is 0.493 e. The molecule has 0 saturated carbocycles. The number of fused-ring (bicyclic) bond motifs is 1. The minimum absolute atomic E-state index is 0.171. The maximum Gasteiger partial charge on any atom is 0.261 e. The maximum atomic E-state index is 12.4. The number of ether oxygens (including phenoxy) is 1. The van der Waals surface area contributed by atoms with Crippen LogP contribution in [0.1, 0.15) is 46.4 Å². The Kier molecular flexibility index (Phi) is 7.20. The minimum atomic E-state index is -0.335. The molecule has 0 bridgehead atoms. The third-order valence-corrected chi connectivity index (χ3v) is 5.03. The average Bonchev–Trinajstić information content (AvgIpc) is 2.96. The lowest BCUT2D eigenvalue weighted by Gasteiger charge is -2.13. The number of amides is 3. The molecular weight excluding hydrogens is 450 g/mol.